The minimum Gasteiger partial charge on any atom is -0.488 e. The van der Waals surface area contributed by atoms with Gasteiger partial charge in [-0.15, -0.1) is 0 Å². The highest BCUT2D eigenvalue weighted by Gasteiger charge is 2.33. The van der Waals surface area contributed by atoms with Gasteiger partial charge in [-0.3, -0.25) is 9.69 Å². The second-order valence-electron chi connectivity index (χ2n) is 11.0. The molecule has 1 fully saturated rings. The molecule has 0 radical (unpaired) electrons. The van der Waals surface area contributed by atoms with E-state index in [1.807, 2.05) is 53.4 Å². The smallest absolute Gasteiger partial charge is 0.309 e. The van der Waals surface area contributed by atoms with Crippen LogP contribution in [0.25, 0.3) is 11.1 Å². The molecule has 0 saturated carbocycles. The van der Waals surface area contributed by atoms with Crippen molar-refractivity contribution in [1.29, 1.82) is 5.26 Å². The van der Waals surface area contributed by atoms with Gasteiger partial charge in [0.2, 0.25) is 0 Å². The van der Waals surface area contributed by atoms with Gasteiger partial charge in [0.15, 0.2) is 11.5 Å². The number of hydrogen-bond donors (Lipinski definition) is 1. The number of nitrogens with zero attached hydrogens (tertiary/aromatic N) is 2. The lowest BCUT2D eigenvalue weighted by Crippen LogP contribution is -2.49. The quantitative estimate of drug-likeness (QED) is 0.213. The summed E-state index contributed by atoms with van der Waals surface area (Å²) in [5.74, 6) is 1.41. The van der Waals surface area contributed by atoms with Crippen molar-refractivity contribution in [1.82, 2.24) is 4.90 Å². The Bertz CT molecular complexity index is 1740. The van der Waals surface area contributed by atoms with Gasteiger partial charge in [0, 0.05) is 31.3 Å². The standard InChI is InChI=1S/C35H31ClN2O6/c1-22-26(6-3-7-29(22)25-8-9-31-34(14-25)42-11-10-41-31)21-44-33-15-32(43-20-24-5-2-4-23(12-24)16-37)27(13-30(33)36)17-38-18-28(19-38)35(39)40/h2-9,12-15,28H,10-11,17-21H2,1H3,(H,39,40). The molecule has 0 bridgehead atoms. The van der Waals surface area contributed by atoms with Gasteiger partial charge in [-0.1, -0.05) is 48.0 Å². The molecule has 224 valence electrons. The molecule has 0 spiro atoms. The minimum absolute atomic E-state index is 0.248. The van der Waals surface area contributed by atoms with Gasteiger partial charge < -0.3 is 24.1 Å². The molecule has 0 unspecified atom stereocenters. The van der Waals surface area contributed by atoms with Crippen LogP contribution >= 0.6 is 11.6 Å². The van der Waals surface area contributed by atoms with E-state index in [2.05, 4.69) is 19.1 Å². The molecule has 8 nitrogen and oxygen atoms in total. The second-order valence-corrected chi connectivity index (χ2v) is 11.4. The molecule has 9 heteroatoms. The Kier molecular flexibility index (Phi) is 8.60. The third-order valence-corrected chi connectivity index (χ3v) is 8.24. The first-order chi connectivity index (χ1) is 21.4. The van der Waals surface area contributed by atoms with Gasteiger partial charge in [0.25, 0.3) is 0 Å². The molecule has 1 saturated heterocycles. The summed E-state index contributed by atoms with van der Waals surface area (Å²) in [6.07, 6.45) is 0. The summed E-state index contributed by atoms with van der Waals surface area (Å²) >= 11 is 6.73. The van der Waals surface area contributed by atoms with Crippen LogP contribution in [0, 0.1) is 24.2 Å². The van der Waals surface area contributed by atoms with Gasteiger partial charge >= 0.3 is 5.97 Å². The first kappa shape index (κ1) is 29.4. The Morgan fingerprint density at radius 3 is 2.52 bits per heavy atom. The van der Waals surface area contributed by atoms with Crippen LogP contribution in [-0.4, -0.2) is 42.3 Å². The maximum atomic E-state index is 11.3. The molecular formula is C35H31ClN2O6. The summed E-state index contributed by atoms with van der Waals surface area (Å²) in [6.45, 7) is 5.11. The van der Waals surface area contributed by atoms with Crippen molar-refractivity contribution < 1.29 is 28.8 Å². The van der Waals surface area contributed by atoms with E-state index in [-0.39, 0.29) is 12.5 Å². The van der Waals surface area contributed by atoms with Crippen molar-refractivity contribution in [3.63, 3.8) is 0 Å². The van der Waals surface area contributed by atoms with Crippen molar-refractivity contribution in [3.8, 4) is 40.2 Å². The summed E-state index contributed by atoms with van der Waals surface area (Å²) in [5.41, 5.74) is 6.43. The zero-order valence-electron chi connectivity index (χ0n) is 24.2. The highest BCUT2D eigenvalue weighted by atomic mass is 35.5. The molecule has 0 amide bonds. The zero-order valence-corrected chi connectivity index (χ0v) is 25.0. The van der Waals surface area contributed by atoms with Crippen LogP contribution in [-0.2, 0) is 24.6 Å². The molecule has 2 heterocycles. The monoisotopic (exact) mass is 610 g/mol. The largest absolute Gasteiger partial charge is 0.488 e. The summed E-state index contributed by atoms with van der Waals surface area (Å²) in [4.78, 5) is 13.3. The molecule has 1 N–H and O–H groups in total. The number of carbonyl (C=O) groups is 1. The predicted molar refractivity (Wildman–Crippen MR) is 165 cm³/mol. The van der Waals surface area contributed by atoms with E-state index in [0.29, 0.717) is 61.5 Å². The van der Waals surface area contributed by atoms with Gasteiger partial charge in [0.05, 0.1) is 22.6 Å². The molecule has 0 aliphatic carbocycles. The van der Waals surface area contributed by atoms with Crippen molar-refractivity contribution in [2.24, 2.45) is 5.92 Å². The van der Waals surface area contributed by atoms with E-state index in [4.69, 9.17) is 30.5 Å². The lowest BCUT2D eigenvalue weighted by molar-refractivity contribution is -0.147. The maximum absolute atomic E-state index is 11.3. The van der Waals surface area contributed by atoms with Crippen LogP contribution in [0.4, 0.5) is 0 Å². The summed E-state index contributed by atoms with van der Waals surface area (Å²) in [6, 6.07) is 25.1. The number of halogens is 1. The van der Waals surface area contributed by atoms with Crippen LogP contribution in [0.3, 0.4) is 0 Å². The molecule has 4 aromatic rings. The fraction of sp³-hybridized carbons (Fsp3) is 0.257. The molecule has 0 aromatic heterocycles. The Morgan fingerprint density at radius 1 is 0.955 bits per heavy atom. The van der Waals surface area contributed by atoms with E-state index in [1.54, 1.807) is 18.2 Å². The number of rotatable bonds is 10. The molecule has 6 rings (SSSR count). The first-order valence-corrected chi connectivity index (χ1v) is 14.8. The van der Waals surface area contributed by atoms with Gasteiger partial charge in [-0.25, -0.2) is 0 Å². The normalized spacial score (nSPS) is 14.4. The van der Waals surface area contributed by atoms with Crippen molar-refractivity contribution >= 4 is 17.6 Å². The fourth-order valence-electron chi connectivity index (χ4n) is 5.45. The fourth-order valence-corrected chi connectivity index (χ4v) is 5.69. The number of likely N-dealkylation sites (tertiary alicyclic amines) is 1. The zero-order chi connectivity index (χ0) is 30.6. The number of nitriles is 1. The topological polar surface area (TPSA) is 101 Å². The summed E-state index contributed by atoms with van der Waals surface area (Å²) in [5, 5.41) is 19.0. The third kappa shape index (κ3) is 6.45. The van der Waals surface area contributed by atoms with Crippen molar-refractivity contribution in [3.05, 3.63) is 106 Å². The van der Waals surface area contributed by atoms with Gasteiger partial charge in [0.1, 0.15) is 37.9 Å². The molecule has 2 aliphatic rings. The Morgan fingerprint density at radius 2 is 1.73 bits per heavy atom. The lowest BCUT2D eigenvalue weighted by Gasteiger charge is -2.37. The predicted octanol–water partition coefficient (Wildman–Crippen LogP) is 6.63. The van der Waals surface area contributed by atoms with E-state index in [9.17, 15) is 15.2 Å². The van der Waals surface area contributed by atoms with Crippen molar-refractivity contribution in [2.75, 3.05) is 26.3 Å². The number of benzene rings is 4. The van der Waals surface area contributed by atoms with E-state index < -0.39 is 5.97 Å². The molecule has 0 atom stereocenters. The first-order valence-electron chi connectivity index (χ1n) is 14.4. The van der Waals surface area contributed by atoms with Crippen LogP contribution in [0.5, 0.6) is 23.0 Å². The number of aliphatic carboxylic acids is 1. The number of fused-ring (bicyclic) bond motifs is 1. The van der Waals surface area contributed by atoms with Crippen molar-refractivity contribution in [2.45, 2.75) is 26.7 Å². The minimum atomic E-state index is -0.787. The number of hydrogen-bond acceptors (Lipinski definition) is 7. The van der Waals surface area contributed by atoms with Gasteiger partial charge in [-0.2, -0.15) is 5.26 Å². The number of carboxylic acid groups (broad SMARTS) is 1. The van der Waals surface area contributed by atoms with Crippen LogP contribution in [0.15, 0.2) is 72.8 Å². The average molecular weight is 611 g/mol. The summed E-state index contributed by atoms with van der Waals surface area (Å²) < 4.78 is 24.0. The highest BCUT2D eigenvalue weighted by molar-refractivity contribution is 6.32. The summed E-state index contributed by atoms with van der Waals surface area (Å²) in [7, 11) is 0. The van der Waals surface area contributed by atoms with Crippen LogP contribution < -0.4 is 18.9 Å². The number of carboxylic acids is 1. The Hall–Kier alpha value is -4.71. The molecule has 4 aromatic carbocycles. The number of ether oxygens (including phenoxy) is 4. The molecule has 44 heavy (non-hydrogen) atoms. The average Bonchev–Trinajstić information content (AvgIpc) is 3.01. The van der Waals surface area contributed by atoms with Crippen LogP contribution in [0.1, 0.15) is 27.8 Å². The third-order valence-electron chi connectivity index (χ3n) is 7.95. The Balaban J connectivity index is 1.22. The Labute approximate surface area is 260 Å². The maximum Gasteiger partial charge on any atom is 0.309 e. The second kappa shape index (κ2) is 12.9. The lowest BCUT2D eigenvalue weighted by atomic mass is 9.96. The van der Waals surface area contributed by atoms with E-state index in [1.165, 1.54) is 0 Å². The van der Waals surface area contributed by atoms with E-state index >= 15 is 0 Å². The van der Waals surface area contributed by atoms with E-state index in [0.717, 1.165) is 44.9 Å². The highest BCUT2D eigenvalue weighted by Crippen LogP contribution is 2.38. The molecular weight excluding hydrogens is 580 g/mol. The van der Waals surface area contributed by atoms with Crippen LogP contribution in [0.2, 0.25) is 5.02 Å². The SMILES string of the molecule is Cc1c(COc2cc(OCc3cccc(C#N)c3)c(CN3CC(C(=O)O)C3)cc2Cl)cccc1-c1ccc2c(c1)OCCO2. The molecule has 2 aliphatic heterocycles. The van der Waals surface area contributed by atoms with Gasteiger partial charge in [-0.05, 0) is 65.1 Å².